The van der Waals surface area contributed by atoms with E-state index in [2.05, 4.69) is 35.5 Å². The van der Waals surface area contributed by atoms with Gasteiger partial charge in [-0.25, -0.2) is 0 Å². The highest BCUT2D eigenvalue weighted by Crippen LogP contribution is 2.04. The summed E-state index contributed by atoms with van der Waals surface area (Å²) in [5, 5.41) is 3.37. The van der Waals surface area contributed by atoms with Crippen LogP contribution in [0.4, 0.5) is 0 Å². The largest absolute Gasteiger partial charge is 0.329 e. The van der Waals surface area contributed by atoms with Gasteiger partial charge in [0.2, 0.25) is 0 Å². The zero-order valence-corrected chi connectivity index (χ0v) is 9.65. The topological polar surface area (TPSA) is 38.0 Å². The molecule has 0 radical (unpaired) electrons. The molecule has 0 aliphatic rings. The normalized spacial score (nSPS) is 12.0. The van der Waals surface area contributed by atoms with Gasteiger partial charge in [0.25, 0.3) is 0 Å². The van der Waals surface area contributed by atoms with Gasteiger partial charge in [0, 0.05) is 25.6 Å². The smallest absolute Gasteiger partial charge is 0.0212 e. The van der Waals surface area contributed by atoms with Gasteiger partial charge in [0.15, 0.2) is 0 Å². The molecule has 1 aromatic carbocycles. The molecule has 0 aromatic heterocycles. The first-order valence-corrected chi connectivity index (χ1v) is 5.77. The van der Waals surface area contributed by atoms with Crippen molar-refractivity contribution in [1.29, 1.82) is 0 Å². The van der Waals surface area contributed by atoms with Crippen molar-refractivity contribution in [3.05, 3.63) is 35.9 Å². The van der Waals surface area contributed by atoms with Gasteiger partial charge in [-0.1, -0.05) is 30.3 Å². The van der Waals surface area contributed by atoms with Crippen molar-refractivity contribution in [3.8, 4) is 12.3 Å². The number of aryl methyl sites for hydroxylation is 1. The van der Waals surface area contributed by atoms with Crippen LogP contribution in [0.3, 0.4) is 0 Å². The molecule has 0 spiro atoms. The Morgan fingerprint density at radius 3 is 2.69 bits per heavy atom. The van der Waals surface area contributed by atoms with Crippen LogP contribution in [-0.4, -0.2) is 19.1 Å². The van der Waals surface area contributed by atoms with E-state index in [4.69, 9.17) is 12.2 Å². The van der Waals surface area contributed by atoms with Gasteiger partial charge in [-0.05, 0) is 18.4 Å². The Balaban J connectivity index is 2.26. The Hall–Kier alpha value is -1.30. The summed E-state index contributed by atoms with van der Waals surface area (Å²) < 4.78 is 0. The van der Waals surface area contributed by atoms with Gasteiger partial charge in [-0.2, -0.15) is 0 Å². The standard InChI is InChI=1S/C14H20N2/c1-2-3-11-16-14(12-15)10-9-13-7-5-4-6-8-13/h1,4-8,14,16H,3,9-12,15H2. The lowest BCUT2D eigenvalue weighted by molar-refractivity contribution is 0.494. The van der Waals surface area contributed by atoms with Crippen molar-refractivity contribution in [1.82, 2.24) is 5.32 Å². The number of hydrogen-bond donors (Lipinski definition) is 2. The summed E-state index contributed by atoms with van der Waals surface area (Å²) in [5.41, 5.74) is 7.07. The maximum atomic E-state index is 5.70. The molecular weight excluding hydrogens is 196 g/mol. The van der Waals surface area contributed by atoms with Crippen molar-refractivity contribution >= 4 is 0 Å². The molecule has 0 saturated carbocycles. The van der Waals surface area contributed by atoms with Crippen molar-refractivity contribution in [2.24, 2.45) is 5.73 Å². The average Bonchev–Trinajstić information content (AvgIpc) is 2.35. The van der Waals surface area contributed by atoms with Crippen LogP contribution in [0.15, 0.2) is 30.3 Å². The van der Waals surface area contributed by atoms with Crippen LogP contribution in [0.1, 0.15) is 18.4 Å². The van der Waals surface area contributed by atoms with Crippen LogP contribution < -0.4 is 11.1 Å². The lowest BCUT2D eigenvalue weighted by atomic mass is 10.1. The van der Waals surface area contributed by atoms with Crippen molar-refractivity contribution in [2.75, 3.05) is 13.1 Å². The van der Waals surface area contributed by atoms with Gasteiger partial charge >= 0.3 is 0 Å². The van der Waals surface area contributed by atoms with E-state index in [0.29, 0.717) is 12.6 Å². The Morgan fingerprint density at radius 2 is 2.06 bits per heavy atom. The molecule has 0 bridgehead atoms. The molecule has 16 heavy (non-hydrogen) atoms. The van der Waals surface area contributed by atoms with E-state index < -0.39 is 0 Å². The molecule has 1 atom stereocenters. The molecule has 1 rings (SSSR count). The molecule has 0 heterocycles. The van der Waals surface area contributed by atoms with Crippen LogP contribution in [0.25, 0.3) is 0 Å². The monoisotopic (exact) mass is 216 g/mol. The lowest BCUT2D eigenvalue weighted by Crippen LogP contribution is -2.36. The highest BCUT2D eigenvalue weighted by molar-refractivity contribution is 5.14. The minimum Gasteiger partial charge on any atom is -0.329 e. The second-order valence-corrected chi connectivity index (χ2v) is 3.87. The lowest BCUT2D eigenvalue weighted by Gasteiger charge is -2.15. The molecule has 1 aromatic rings. The Bertz CT molecular complexity index is 313. The van der Waals surface area contributed by atoms with E-state index in [0.717, 1.165) is 25.8 Å². The number of terminal acetylenes is 1. The molecule has 1 unspecified atom stereocenters. The number of nitrogens with two attached hydrogens (primary N) is 1. The summed E-state index contributed by atoms with van der Waals surface area (Å²) in [6, 6.07) is 10.8. The predicted molar refractivity (Wildman–Crippen MR) is 69.1 cm³/mol. The fourth-order valence-corrected chi connectivity index (χ4v) is 1.64. The van der Waals surface area contributed by atoms with Gasteiger partial charge in [-0.3, -0.25) is 0 Å². The highest BCUT2D eigenvalue weighted by atomic mass is 14.9. The molecule has 0 fully saturated rings. The second-order valence-electron chi connectivity index (χ2n) is 3.87. The van der Waals surface area contributed by atoms with Crippen molar-refractivity contribution in [2.45, 2.75) is 25.3 Å². The summed E-state index contributed by atoms with van der Waals surface area (Å²) in [6.45, 7) is 1.52. The minimum atomic E-state index is 0.369. The maximum Gasteiger partial charge on any atom is 0.0212 e. The van der Waals surface area contributed by atoms with E-state index in [9.17, 15) is 0 Å². The van der Waals surface area contributed by atoms with Gasteiger partial charge in [0.1, 0.15) is 0 Å². The third-order valence-corrected chi connectivity index (χ3v) is 2.61. The Morgan fingerprint density at radius 1 is 1.31 bits per heavy atom. The number of rotatable bonds is 7. The van der Waals surface area contributed by atoms with E-state index in [1.165, 1.54) is 5.56 Å². The zero-order chi connectivity index (χ0) is 11.6. The Labute approximate surface area is 98.2 Å². The van der Waals surface area contributed by atoms with E-state index in [1.54, 1.807) is 0 Å². The summed E-state index contributed by atoms with van der Waals surface area (Å²) in [6.07, 6.45) is 8.09. The SMILES string of the molecule is C#CCCNC(CN)CCc1ccccc1. The fourth-order valence-electron chi connectivity index (χ4n) is 1.64. The van der Waals surface area contributed by atoms with Crippen molar-refractivity contribution in [3.63, 3.8) is 0 Å². The van der Waals surface area contributed by atoms with Crippen LogP contribution in [0, 0.1) is 12.3 Å². The highest BCUT2D eigenvalue weighted by Gasteiger charge is 2.04. The van der Waals surface area contributed by atoms with E-state index >= 15 is 0 Å². The quantitative estimate of drug-likeness (QED) is 0.536. The predicted octanol–water partition coefficient (Wildman–Crippen LogP) is 1.56. The first-order chi connectivity index (χ1) is 7.86. The first-order valence-electron chi connectivity index (χ1n) is 5.77. The van der Waals surface area contributed by atoms with Gasteiger partial charge in [0.05, 0.1) is 0 Å². The van der Waals surface area contributed by atoms with Crippen LogP contribution in [-0.2, 0) is 6.42 Å². The molecular formula is C14H20N2. The minimum absolute atomic E-state index is 0.369. The third kappa shape index (κ3) is 4.97. The first kappa shape index (κ1) is 12.8. The third-order valence-electron chi connectivity index (χ3n) is 2.61. The molecule has 86 valence electrons. The summed E-state index contributed by atoms with van der Waals surface area (Å²) in [4.78, 5) is 0. The average molecular weight is 216 g/mol. The fraction of sp³-hybridized carbons (Fsp3) is 0.429. The molecule has 0 saturated heterocycles. The summed E-state index contributed by atoms with van der Waals surface area (Å²) in [7, 11) is 0. The molecule has 3 N–H and O–H groups in total. The van der Waals surface area contributed by atoms with Crippen LogP contribution in [0.5, 0.6) is 0 Å². The molecule has 0 aliphatic heterocycles. The maximum absolute atomic E-state index is 5.70. The zero-order valence-electron chi connectivity index (χ0n) is 9.65. The second kappa shape index (κ2) is 7.92. The van der Waals surface area contributed by atoms with E-state index in [1.807, 2.05) is 6.07 Å². The van der Waals surface area contributed by atoms with Crippen molar-refractivity contribution < 1.29 is 0 Å². The molecule has 2 nitrogen and oxygen atoms in total. The Kier molecular flexibility index (Phi) is 6.32. The summed E-state index contributed by atoms with van der Waals surface area (Å²) >= 11 is 0. The van der Waals surface area contributed by atoms with Crippen LogP contribution in [0.2, 0.25) is 0 Å². The number of hydrogen-bond acceptors (Lipinski definition) is 2. The van der Waals surface area contributed by atoms with E-state index in [-0.39, 0.29) is 0 Å². The van der Waals surface area contributed by atoms with Gasteiger partial charge in [-0.15, -0.1) is 12.3 Å². The molecule has 0 amide bonds. The number of nitrogens with one attached hydrogen (secondary N) is 1. The molecule has 0 aliphatic carbocycles. The molecule has 2 heteroatoms. The van der Waals surface area contributed by atoms with Gasteiger partial charge < -0.3 is 11.1 Å². The summed E-state index contributed by atoms with van der Waals surface area (Å²) in [5.74, 6) is 2.62. The van der Waals surface area contributed by atoms with Crippen LogP contribution >= 0.6 is 0 Å². The number of benzene rings is 1.